The van der Waals surface area contributed by atoms with E-state index in [9.17, 15) is 14.4 Å². The highest BCUT2D eigenvalue weighted by Gasteiger charge is 2.31. The van der Waals surface area contributed by atoms with Crippen LogP contribution in [0.15, 0.2) is 54.6 Å². The summed E-state index contributed by atoms with van der Waals surface area (Å²) in [5.41, 5.74) is 1.20. The summed E-state index contributed by atoms with van der Waals surface area (Å²) in [6.07, 6.45) is 0.358. The second-order valence-electron chi connectivity index (χ2n) is 7.22. The van der Waals surface area contributed by atoms with E-state index in [1.807, 2.05) is 30.3 Å². The van der Waals surface area contributed by atoms with Crippen molar-refractivity contribution in [2.24, 2.45) is 0 Å². The molecule has 0 saturated carbocycles. The molecule has 5 heteroatoms. The number of esters is 2. The van der Waals surface area contributed by atoms with Crippen LogP contribution < -0.4 is 0 Å². The van der Waals surface area contributed by atoms with Gasteiger partial charge in [-0.25, -0.2) is 9.59 Å². The van der Waals surface area contributed by atoms with Crippen molar-refractivity contribution >= 4 is 17.7 Å². The normalized spacial score (nSPS) is 12.1. The number of methoxy groups -OCH3 is 1. The van der Waals surface area contributed by atoms with E-state index in [-0.39, 0.29) is 0 Å². The Morgan fingerprint density at radius 2 is 1.52 bits per heavy atom. The fraction of sp³-hybridized carbons (Fsp3) is 0.318. The fourth-order valence-electron chi connectivity index (χ4n) is 2.65. The van der Waals surface area contributed by atoms with E-state index in [0.29, 0.717) is 17.5 Å². The van der Waals surface area contributed by atoms with Gasteiger partial charge in [0, 0.05) is 0 Å². The molecular formula is C22H24O5. The minimum absolute atomic E-state index is 0.358. The zero-order chi connectivity index (χ0) is 20.0. The molecule has 0 radical (unpaired) electrons. The first-order chi connectivity index (χ1) is 12.7. The Kier molecular flexibility index (Phi) is 6.50. The number of hydrogen-bond donors (Lipinski definition) is 0. The molecule has 5 nitrogen and oxygen atoms in total. The van der Waals surface area contributed by atoms with Gasteiger partial charge in [0.15, 0.2) is 0 Å². The summed E-state index contributed by atoms with van der Waals surface area (Å²) in [4.78, 5) is 36.8. The summed E-state index contributed by atoms with van der Waals surface area (Å²) in [6, 6.07) is 16.0. The molecule has 0 aliphatic rings. The average Bonchev–Trinajstić information content (AvgIpc) is 2.64. The standard InChI is InChI=1S/C22H24O5/c1-22(2,3)27-21(25)19(23)18(14-15-8-6-5-7-9-15)16-10-12-17(13-11-16)20(24)26-4/h5-13,18H,14H2,1-4H3. The lowest BCUT2D eigenvalue weighted by Crippen LogP contribution is -2.32. The monoisotopic (exact) mass is 368 g/mol. The van der Waals surface area contributed by atoms with Gasteiger partial charge in [0.25, 0.3) is 0 Å². The number of carbonyl (C=O) groups is 3. The van der Waals surface area contributed by atoms with Crippen LogP contribution in [0, 0.1) is 0 Å². The van der Waals surface area contributed by atoms with Crippen LogP contribution in [-0.4, -0.2) is 30.4 Å². The fourth-order valence-corrected chi connectivity index (χ4v) is 2.65. The number of ketones is 1. The zero-order valence-electron chi connectivity index (χ0n) is 16.0. The van der Waals surface area contributed by atoms with Gasteiger partial charge in [-0.15, -0.1) is 0 Å². The molecule has 0 heterocycles. The highest BCUT2D eigenvalue weighted by molar-refractivity contribution is 6.36. The average molecular weight is 368 g/mol. The molecule has 0 saturated heterocycles. The molecule has 2 aromatic carbocycles. The molecule has 1 unspecified atom stereocenters. The Balaban J connectivity index is 2.33. The third kappa shape index (κ3) is 5.78. The van der Waals surface area contributed by atoms with E-state index in [1.165, 1.54) is 7.11 Å². The van der Waals surface area contributed by atoms with Gasteiger partial charge in [-0.05, 0) is 50.5 Å². The van der Waals surface area contributed by atoms with E-state index in [2.05, 4.69) is 0 Å². The molecule has 142 valence electrons. The Labute approximate surface area is 159 Å². The van der Waals surface area contributed by atoms with Gasteiger partial charge in [-0.1, -0.05) is 42.5 Å². The van der Waals surface area contributed by atoms with Gasteiger partial charge >= 0.3 is 11.9 Å². The summed E-state index contributed by atoms with van der Waals surface area (Å²) in [5.74, 6) is -2.63. The lowest BCUT2D eigenvalue weighted by atomic mass is 9.88. The topological polar surface area (TPSA) is 69.7 Å². The van der Waals surface area contributed by atoms with Crippen molar-refractivity contribution < 1.29 is 23.9 Å². The van der Waals surface area contributed by atoms with Crippen molar-refractivity contribution in [1.29, 1.82) is 0 Å². The predicted molar refractivity (Wildman–Crippen MR) is 102 cm³/mol. The number of Topliss-reactive ketones (excluding diaryl/α,β-unsaturated/α-hetero) is 1. The quantitative estimate of drug-likeness (QED) is 0.574. The van der Waals surface area contributed by atoms with Crippen LogP contribution in [0.3, 0.4) is 0 Å². The van der Waals surface area contributed by atoms with E-state index in [0.717, 1.165) is 5.56 Å². The molecule has 0 aromatic heterocycles. The van der Waals surface area contributed by atoms with Crippen molar-refractivity contribution in [3.05, 3.63) is 71.3 Å². The third-order valence-electron chi connectivity index (χ3n) is 3.93. The van der Waals surface area contributed by atoms with Crippen molar-refractivity contribution in [1.82, 2.24) is 0 Å². The Bertz CT molecular complexity index is 801. The van der Waals surface area contributed by atoms with Gasteiger partial charge in [0.05, 0.1) is 18.6 Å². The third-order valence-corrected chi connectivity index (χ3v) is 3.93. The van der Waals surface area contributed by atoms with Gasteiger partial charge < -0.3 is 9.47 Å². The molecule has 0 N–H and O–H groups in total. The van der Waals surface area contributed by atoms with Crippen LogP contribution >= 0.6 is 0 Å². The molecule has 2 rings (SSSR count). The van der Waals surface area contributed by atoms with E-state index >= 15 is 0 Å². The minimum Gasteiger partial charge on any atom is -0.465 e. The SMILES string of the molecule is COC(=O)c1ccc(C(Cc2ccccc2)C(=O)C(=O)OC(C)(C)C)cc1. The maximum Gasteiger partial charge on any atom is 0.375 e. The Morgan fingerprint density at radius 1 is 0.926 bits per heavy atom. The molecule has 0 amide bonds. The largest absolute Gasteiger partial charge is 0.465 e. The number of ether oxygens (including phenoxy) is 2. The molecule has 0 fully saturated rings. The smallest absolute Gasteiger partial charge is 0.375 e. The van der Waals surface area contributed by atoms with Crippen molar-refractivity contribution in [3.8, 4) is 0 Å². The van der Waals surface area contributed by atoms with Gasteiger partial charge in [0.1, 0.15) is 5.60 Å². The first-order valence-corrected chi connectivity index (χ1v) is 8.70. The molecule has 1 atom stereocenters. The van der Waals surface area contributed by atoms with E-state index in [4.69, 9.17) is 9.47 Å². The minimum atomic E-state index is -0.861. The lowest BCUT2D eigenvalue weighted by Gasteiger charge is -2.22. The summed E-state index contributed by atoms with van der Waals surface area (Å²) in [5, 5.41) is 0. The van der Waals surface area contributed by atoms with Crippen LogP contribution in [0.25, 0.3) is 0 Å². The Hall–Kier alpha value is -2.95. The van der Waals surface area contributed by atoms with Crippen molar-refractivity contribution in [3.63, 3.8) is 0 Å². The molecule has 2 aromatic rings. The maximum absolute atomic E-state index is 12.8. The summed E-state index contributed by atoms with van der Waals surface area (Å²) >= 11 is 0. The van der Waals surface area contributed by atoms with E-state index < -0.39 is 29.2 Å². The lowest BCUT2D eigenvalue weighted by molar-refractivity contribution is -0.163. The highest BCUT2D eigenvalue weighted by Crippen LogP contribution is 2.24. The number of hydrogen-bond acceptors (Lipinski definition) is 5. The second-order valence-corrected chi connectivity index (χ2v) is 7.22. The zero-order valence-corrected chi connectivity index (χ0v) is 16.0. The van der Waals surface area contributed by atoms with Crippen LogP contribution in [0.4, 0.5) is 0 Å². The van der Waals surface area contributed by atoms with Gasteiger partial charge in [-0.2, -0.15) is 0 Å². The van der Waals surface area contributed by atoms with Crippen molar-refractivity contribution in [2.75, 3.05) is 7.11 Å². The first-order valence-electron chi connectivity index (χ1n) is 8.70. The predicted octanol–water partition coefficient (Wildman–Crippen LogP) is 3.71. The summed E-state index contributed by atoms with van der Waals surface area (Å²) in [7, 11) is 1.31. The number of benzene rings is 2. The van der Waals surface area contributed by atoms with Crippen LogP contribution in [0.1, 0.15) is 48.2 Å². The molecule has 0 spiro atoms. The molecular weight excluding hydrogens is 344 g/mol. The van der Waals surface area contributed by atoms with Gasteiger partial charge in [-0.3, -0.25) is 4.79 Å². The van der Waals surface area contributed by atoms with Crippen LogP contribution in [0.2, 0.25) is 0 Å². The first kappa shape index (κ1) is 20.4. The number of carbonyl (C=O) groups excluding carboxylic acids is 3. The Morgan fingerprint density at radius 3 is 2.04 bits per heavy atom. The maximum atomic E-state index is 12.8. The van der Waals surface area contributed by atoms with Crippen LogP contribution in [-0.2, 0) is 25.5 Å². The molecule has 0 bridgehead atoms. The van der Waals surface area contributed by atoms with Crippen molar-refractivity contribution in [2.45, 2.75) is 38.7 Å². The molecule has 0 aliphatic carbocycles. The second kappa shape index (κ2) is 8.62. The van der Waals surface area contributed by atoms with E-state index in [1.54, 1.807) is 45.0 Å². The van der Waals surface area contributed by atoms with Crippen LogP contribution in [0.5, 0.6) is 0 Å². The summed E-state index contributed by atoms with van der Waals surface area (Å²) in [6.45, 7) is 5.15. The number of rotatable bonds is 6. The molecule has 0 aliphatic heterocycles. The highest BCUT2D eigenvalue weighted by atomic mass is 16.6. The summed E-state index contributed by atoms with van der Waals surface area (Å²) < 4.78 is 9.95. The molecule has 27 heavy (non-hydrogen) atoms. The van der Waals surface area contributed by atoms with Gasteiger partial charge in [0.2, 0.25) is 5.78 Å².